The molecule has 0 saturated carbocycles. The number of fused-ring (bicyclic) bond motifs is 6. The summed E-state index contributed by atoms with van der Waals surface area (Å²) in [4.78, 5) is 77.0. The molecule has 1 fully saturated rings. The number of nitrogen functional groups attached to an aromatic ring is 1. The van der Waals surface area contributed by atoms with Gasteiger partial charge in [0.15, 0.2) is 5.82 Å². The molecule has 0 spiro atoms. The zero-order chi connectivity index (χ0) is 87.4. The molecule has 3 heterocycles. The van der Waals surface area contributed by atoms with E-state index in [9.17, 15) is 44.4 Å². The van der Waals surface area contributed by atoms with Gasteiger partial charge in [-0.1, -0.05) is 86.1 Å². The molecule has 2 aromatic heterocycles. The van der Waals surface area contributed by atoms with Crippen molar-refractivity contribution in [3.8, 4) is 16.9 Å². The predicted octanol–water partition coefficient (Wildman–Crippen LogP) is 6.16. The van der Waals surface area contributed by atoms with Crippen LogP contribution in [0.5, 0.6) is 5.75 Å². The molecule has 0 radical (unpaired) electrons. The molecule has 10 N–H and O–H groups in total. The van der Waals surface area contributed by atoms with Gasteiger partial charge in [-0.3, -0.25) is 14.4 Å². The second-order valence-electron chi connectivity index (χ2n) is 30.3. The molecular weight excluding hydrogens is 1600 g/mol. The summed E-state index contributed by atoms with van der Waals surface area (Å²) in [6, 6.07) is 33.5. The van der Waals surface area contributed by atoms with Crippen LogP contribution in [0, 0.1) is 0 Å². The average molecular weight is 1720 g/mol. The first kappa shape index (κ1) is 97.8. The molecule has 34 nitrogen and oxygen atoms in total. The normalized spacial score (nSPS) is 16.0. The standard InChI is InChI=1S/C89H125N9O25/c1-6-7-19-77-96-80-81(70-26-25-65(87(106)109-5)56-73(70)94-85(80)90)97(77)57-62-20-22-63(23-21-62)58-98(2,3)59-64-24-27-75(122-88-84(104)83(103)82(102)76(60-99)123-88)74(55-64)93-79(101)28-31-92-86(105)72(95-89(107)121-61-71-68-16-10-8-14-66(68)67-15-9-11-17-69(67)71)18-12-13-30-91-78(100)29-32-110-35-36-112-39-40-114-43-44-116-47-48-118-51-52-120-54-53-119-50-49-117-46-45-115-42-41-113-38-37-111-34-33-108-4/h8-11,14-17,20-27,55-56,71-72,76,82-84,88,99,102-104H,6-7,12-13,18-19,28-54,57-61H2,1-5H3,(H5-,90,91,92,93,94,95,100,101,105,107)/p+1/t72-,76+,82+,83-,84-,88-/m0/s1. The quantitative estimate of drug-likeness (QED) is 0.0117. The number of nitrogens with zero attached hydrogens (tertiary/aromatic N) is 4. The second kappa shape index (κ2) is 54.0. The number of nitrogens with one attached hydrogen (secondary N) is 4. The fourth-order valence-corrected chi connectivity index (χ4v) is 14.1. The monoisotopic (exact) mass is 1720 g/mol. The summed E-state index contributed by atoms with van der Waals surface area (Å²) in [6.45, 7) is 13.1. The van der Waals surface area contributed by atoms with Crippen molar-refractivity contribution in [2.75, 3.05) is 218 Å². The number of aliphatic hydroxyl groups is 4. The predicted molar refractivity (Wildman–Crippen MR) is 456 cm³/mol. The smallest absolute Gasteiger partial charge is 0.407 e. The number of quaternary nitrogens is 1. The van der Waals surface area contributed by atoms with Gasteiger partial charge in [0.25, 0.3) is 0 Å². The molecule has 0 unspecified atom stereocenters. The highest BCUT2D eigenvalue weighted by atomic mass is 16.7. The number of aryl methyl sites for hydroxylation is 1. The number of amides is 4. The van der Waals surface area contributed by atoms with Crippen LogP contribution in [0.15, 0.2) is 109 Å². The maximum absolute atomic E-state index is 14.2. The number of unbranched alkanes of at least 4 members (excludes halogenated alkanes) is 2. The summed E-state index contributed by atoms with van der Waals surface area (Å²) in [6.07, 6.45) is -5.36. The molecule has 6 atom stereocenters. The van der Waals surface area contributed by atoms with Crippen LogP contribution in [0.1, 0.15) is 102 Å². The Bertz CT molecular complexity index is 4280. The number of rotatable bonds is 62. The van der Waals surface area contributed by atoms with Crippen LogP contribution in [0.2, 0.25) is 0 Å². The maximum Gasteiger partial charge on any atom is 0.407 e. The Hall–Kier alpha value is -8.99. The molecule has 676 valence electrons. The van der Waals surface area contributed by atoms with E-state index in [0.717, 1.165) is 74.9 Å². The van der Waals surface area contributed by atoms with Crippen molar-refractivity contribution in [1.29, 1.82) is 0 Å². The number of anilines is 2. The van der Waals surface area contributed by atoms with Crippen molar-refractivity contribution in [3.05, 3.63) is 148 Å². The number of hydrogen-bond acceptors (Lipinski definition) is 28. The molecule has 1 saturated heterocycles. The summed E-state index contributed by atoms with van der Waals surface area (Å²) in [5, 5.41) is 54.5. The lowest BCUT2D eigenvalue weighted by Crippen LogP contribution is -2.60. The van der Waals surface area contributed by atoms with Gasteiger partial charge >= 0.3 is 12.1 Å². The number of aliphatic hydroxyl groups excluding tert-OH is 4. The Kier molecular flexibility index (Phi) is 43.0. The van der Waals surface area contributed by atoms with Crippen LogP contribution in [0.3, 0.4) is 0 Å². The average Bonchev–Trinajstić information content (AvgIpc) is 1.61. The largest absolute Gasteiger partial charge is 0.465 e. The van der Waals surface area contributed by atoms with Gasteiger partial charge in [0.05, 0.1) is 202 Å². The third kappa shape index (κ3) is 32.5. The topological polar surface area (TPSA) is 419 Å². The minimum Gasteiger partial charge on any atom is -0.465 e. The highest BCUT2D eigenvalue weighted by molar-refractivity contribution is 6.08. The third-order valence-electron chi connectivity index (χ3n) is 20.4. The van der Waals surface area contributed by atoms with Crippen LogP contribution >= 0.6 is 0 Å². The lowest BCUT2D eigenvalue weighted by atomic mass is 9.98. The number of ether oxygens (including phenoxy) is 16. The van der Waals surface area contributed by atoms with Gasteiger partial charge in [0.2, 0.25) is 24.0 Å². The molecule has 1 aliphatic heterocycles. The van der Waals surface area contributed by atoms with Crippen LogP contribution in [-0.4, -0.2) is 313 Å². The number of methoxy groups -OCH3 is 2. The molecule has 5 aromatic carbocycles. The maximum atomic E-state index is 14.2. The second-order valence-corrected chi connectivity index (χ2v) is 30.3. The van der Waals surface area contributed by atoms with E-state index >= 15 is 0 Å². The van der Waals surface area contributed by atoms with Gasteiger partial charge in [-0.2, -0.15) is 0 Å². The fourth-order valence-electron chi connectivity index (χ4n) is 14.1. The first-order valence-electron chi connectivity index (χ1n) is 42.3. The van der Waals surface area contributed by atoms with Gasteiger partial charge in [0.1, 0.15) is 67.2 Å². The van der Waals surface area contributed by atoms with E-state index < -0.39 is 67.2 Å². The van der Waals surface area contributed by atoms with E-state index in [2.05, 4.69) is 76.1 Å². The SMILES string of the molecule is CCCCc1nc2c(N)nc3cc(C(=O)OC)ccc3c2n1Cc1ccc(C[N+](C)(C)Cc2ccc(O[C@H]3O[C@H](CO)[C@@H](O)[C@H](O)[C@@H]3O)c(NC(=O)CCNC(=O)[C@H](CCCCNC(=O)CCOCCOCCOCCOCCOCCOCCOCCOCCOCCOCCOCCOC)NC(=O)OCC3c4ccccc4-c4ccccc43)c2)cc1. The molecule has 1 aliphatic carbocycles. The van der Waals surface area contributed by atoms with E-state index in [1.54, 1.807) is 37.4 Å². The molecule has 34 heteroatoms. The lowest BCUT2D eigenvalue weighted by Gasteiger charge is -2.39. The number of hydrogen-bond donors (Lipinski definition) is 9. The van der Waals surface area contributed by atoms with Crippen molar-refractivity contribution < 1.29 is 125 Å². The number of alkyl carbamates (subject to hydrolysis) is 1. The minimum atomic E-state index is -1.76. The Morgan fingerprint density at radius 3 is 1.66 bits per heavy atom. The summed E-state index contributed by atoms with van der Waals surface area (Å²) in [5.74, 6) is -0.910. The van der Waals surface area contributed by atoms with E-state index in [1.807, 2.05) is 54.6 Å². The molecule has 123 heavy (non-hydrogen) atoms. The van der Waals surface area contributed by atoms with E-state index in [-0.39, 0.29) is 81.3 Å². The zero-order valence-corrected chi connectivity index (χ0v) is 71.5. The first-order chi connectivity index (χ1) is 59.9. The van der Waals surface area contributed by atoms with Gasteiger partial charge < -0.3 is 132 Å². The van der Waals surface area contributed by atoms with Gasteiger partial charge in [-0.05, 0) is 89.9 Å². The van der Waals surface area contributed by atoms with Crippen LogP contribution in [-0.2, 0) is 111 Å². The number of benzene rings is 5. The van der Waals surface area contributed by atoms with Crippen molar-refractivity contribution in [2.24, 2.45) is 0 Å². The minimum absolute atomic E-state index is 0.00147. The van der Waals surface area contributed by atoms with Crippen molar-refractivity contribution in [1.82, 2.24) is 30.5 Å². The number of carbonyl (C=O) groups is 5. The number of nitrogens with two attached hydrogens (primary N) is 1. The van der Waals surface area contributed by atoms with Crippen molar-refractivity contribution in [2.45, 2.75) is 121 Å². The van der Waals surface area contributed by atoms with Crippen LogP contribution in [0.4, 0.5) is 16.3 Å². The van der Waals surface area contributed by atoms with E-state index in [1.165, 1.54) is 7.11 Å². The van der Waals surface area contributed by atoms with E-state index in [4.69, 9.17) is 86.5 Å². The van der Waals surface area contributed by atoms with Crippen molar-refractivity contribution >= 4 is 63.2 Å². The molecule has 0 bridgehead atoms. The van der Waals surface area contributed by atoms with Gasteiger partial charge in [0, 0.05) is 68.4 Å². The number of carbonyl (C=O) groups excluding carboxylic acids is 5. The number of pyridine rings is 1. The van der Waals surface area contributed by atoms with Gasteiger partial charge in [-0.15, -0.1) is 0 Å². The number of imidazole rings is 1. The summed E-state index contributed by atoms with van der Waals surface area (Å²) < 4.78 is 91.0. The summed E-state index contributed by atoms with van der Waals surface area (Å²) in [7, 11) is 7.09. The van der Waals surface area contributed by atoms with Crippen LogP contribution < -0.4 is 31.7 Å². The van der Waals surface area contributed by atoms with Crippen LogP contribution in [0.25, 0.3) is 33.1 Å². The summed E-state index contributed by atoms with van der Waals surface area (Å²) >= 11 is 0. The van der Waals surface area contributed by atoms with E-state index in [0.29, 0.717) is 192 Å². The first-order valence-corrected chi connectivity index (χ1v) is 42.3. The highest BCUT2D eigenvalue weighted by Crippen LogP contribution is 2.45. The van der Waals surface area contributed by atoms with Gasteiger partial charge in [-0.25, -0.2) is 19.6 Å². The summed E-state index contributed by atoms with van der Waals surface area (Å²) in [5.41, 5.74) is 16.0. The molecule has 4 amide bonds. The number of esters is 1. The molecule has 2 aliphatic rings. The Labute approximate surface area is 718 Å². The van der Waals surface area contributed by atoms with Crippen molar-refractivity contribution in [3.63, 3.8) is 0 Å². The fraction of sp³-hybridized carbons (Fsp3) is 0.562. The zero-order valence-electron chi connectivity index (χ0n) is 71.5. The lowest BCUT2D eigenvalue weighted by molar-refractivity contribution is -0.916. The Morgan fingerprint density at radius 2 is 1.11 bits per heavy atom. The highest BCUT2D eigenvalue weighted by Gasteiger charge is 2.45. The molecule has 9 rings (SSSR count). The third-order valence-corrected chi connectivity index (χ3v) is 20.4. The molecule has 7 aromatic rings. The molecular formula is C89H126N9O25+. The number of aromatic nitrogens is 3. The Balaban J connectivity index is 0.687. The Morgan fingerprint density at radius 1 is 0.569 bits per heavy atom.